The van der Waals surface area contributed by atoms with Crippen LogP contribution in [0, 0.1) is 6.92 Å². The number of amides is 1. The first-order valence-corrected chi connectivity index (χ1v) is 7.41. The quantitative estimate of drug-likeness (QED) is 0.909. The Hall–Kier alpha value is -1.43. The van der Waals surface area contributed by atoms with E-state index in [-0.39, 0.29) is 23.5 Å². The Bertz CT molecular complexity index is 498. The standard InChI is InChI=1S/C13H18N2O3S/c1-9-3-4-11-10(2)15(6-5-14(9)11)12(16)7-19-8-13(17)18/h3-4,10H,5-8H2,1-2H3,(H,17,18). The van der Waals surface area contributed by atoms with Gasteiger partial charge in [0.15, 0.2) is 0 Å². The zero-order chi connectivity index (χ0) is 14.0. The summed E-state index contributed by atoms with van der Waals surface area (Å²) in [6.45, 7) is 5.59. The van der Waals surface area contributed by atoms with E-state index >= 15 is 0 Å². The van der Waals surface area contributed by atoms with Crippen molar-refractivity contribution in [2.45, 2.75) is 26.4 Å². The van der Waals surface area contributed by atoms with Gasteiger partial charge in [0.2, 0.25) is 5.91 Å². The first kappa shape index (κ1) is 14.0. The molecule has 1 aliphatic rings. The van der Waals surface area contributed by atoms with Crippen LogP contribution in [0.4, 0.5) is 0 Å². The van der Waals surface area contributed by atoms with Crippen molar-refractivity contribution in [3.63, 3.8) is 0 Å². The fourth-order valence-electron chi connectivity index (χ4n) is 2.47. The van der Waals surface area contributed by atoms with Crippen LogP contribution in [0.1, 0.15) is 24.4 Å². The van der Waals surface area contributed by atoms with Crippen LogP contribution < -0.4 is 0 Å². The lowest BCUT2D eigenvalue weighted by Gasteiger charge is -2.35. The normalized spacial score (nSPS) is 18.2. The molecule has 104 valence electrons. The monoisotopic (exact) mass is 282 g/mol. The smallest absolute Gasteiger partial charge is 0.313 e. The van der Waals surface area contributed by atoms with E-state index in [1.807, 2.05) is 11.8 Å². The van der Waals surface area contributed by atoms with Crippen molar-refractivity contribution >= 4 is 23.6 Å². The number of nitrogens with zero attached hydrogens (tertiary/aromatic N) is 2. The van der Waals surface area contributed by atoms with Crippen LogP contribution in [0.3, 0.4) is 0 Å². The molecule has 1 aromatic heterocycles. The molecule has 1 aliphatic heterocycles. The number of rotatable bonds is 4. The fraction of sp³-hybridized carbons (Fsp3) is 0.538. The lowest BCUT2D eigenvalue weighted by molar-refractivity contribution is -0.133. The van der Waals surface area contributed by atoms with E-state index in [0.29, 0.717) is 6.54 Å². The van der Waals surface area contributed by atoms with Gasteiger partial charge >= 0.3 is 5.97 Å². The summed E-state index contributed by atoms with van der Waals surface area (Å²) < 4.78 is 2.23. The number of hydrogen-bond donors (Lipinski definition) is 1. The van der Waals surface area contributed by atoms with Crippen LogP contribution in [0.2, 0.25) is 0 Å². The van der Waals surface area contributed by atoms with Gasteiger partial charge in [-0.2, -0.15) is 0 Å². The highest BCUT2D eigenvalue weighted by atomic mass is 32.2. The highest BCUT2D eigenvalue weighted by Crippen LogP contribution is 2.27. The summed E-state index contributed by atoms with van der Waals surface area (Å²) in [5.74, 6) is -0.655. The molecule has 0 fully saturated rings. The summed E-state index contributed by atoms with van der Waals surface area (Å²) in [5.41, 5.74) is 2.37. The summed E-state index contributed by atoms with van der Waals surface area (Å²) >= 11 is 1.15. The van der Waals surface area contributed by atoms with E-state index in [1.54, 1.807) is 0 Å². The van der Waals surface area contributed by atoms with Gasteiger partial charge in [0.1, 0.15) is 0 Å². The third kappa shape index (κ3) is 2.94. The Labute approximate surface area is 116 Å². The van der Waals surface area contributed by atoms with E-state index < -0.39 is 5.97 Å². The van der Waals surface area contributed by atoms with E-state index in [4.69, 9.17) is 5.11 Å². The van der Waals surface area contributed by atoms with Crippen molar-refractivity contribution in [3.8, 4) is 0 Å². The molecular formula is C13H18N2O3S. The molecule has 0 aromatic carbocycles. The zero-order valence-corrected chi connectivity index (χ0v) is 11.9. The van der Waals surface area contributed by atoms with E-state index in [0.717, 1.165) is 24.0 Å². The fourth-order valence-corrected chi connectivity index (χ4v) is 3.09. The van der Waals surface area contributed by atoms with Crippen molar-refractivity contribution in [2.24, 2.45) is 0 Å². The number of carbonyl (C=O) groups is 2. The van der Waals surface area contributed by atoms with Crippen LogP contribution in [0.15, 0.2) is 12.1 Å². The summed E-state index contributed by atoms with van der Waals surface area (Å²) in [4.78, 5) is 24.4. The summed E-state index contributed by atoms with van der Waals surface area (Å²) in [6, 6.07) is 4.18. The molecule has 6 heteroatoms. The maximum Gasteiger partial charge on any atom is 0.313 e. The summed E-state index contributed by atoms with van der Waals surface area (Å²) in [6.07, 6.45) is 0. The first-order chi connectivity index (χ1) is 9.00. The van der Waals surface area contributed by atoms with Gasteiger partial charge in [0.25, 0.3) is 0 Å². The predicted octanol–water partition coefficient (Wildman–Crippen LogP) is 1.52. The molecule has 1 unspecified atom stereocenters. The van der Waals surface area contributed by atoms with Crippen LogP contribution in [0.5, 0.6) is 0 Å². The lowest BCUT2D eigenvalue weighted by Crippen LogP contribution is -2.42. The highest BCUT2D eigenvalue weighted by Gasteiger charge is 2.28. The van der Waals surface area contributed by atoms with Crippen molar-refractivity contribution in [3.05, 3.63) is 23.5 Å². The molecule has 2 rings (SSSR count). The molecule has 0 aliphatic carbocycles. The Morgan fingerprint density at radius 2 is 2.11 bits per heavy atom. The van der Waals surface area contributed by atoms with Gasteiger partial charge < -0.3 is 14.6 Å². The molecule has 1 aromatic rings. The lowest BCUT2D eigenvalue weighted by atomic mass is 10.1. The molecule has 19 heavy (non-hydrogen) atoms. The molecule has 1 amide bonds. The number of carboxylic acids is 1. The zero-order valence-electron chi connectivity index (χ0n) is 11.1. The Kier molecular flexibility index (Phi) is 4.19. The molecule has 1 N–H and O–H groups in total. The maximum atomic E-state index is 12.1. The molecule has 1 atom stereocenters. The number of fused-ring (bicyclic) bond motifs is 1. The second-order valence-corrected chi connectivity index (χ2v) is 5.69. The van der Waals surface area contributed by atoms with Crippen molar-refractivity contribution in [1.82, 2.24) is 9.47 Å². The Balaban J connectivity index is 1.99. The topological polar surface area (TPSA) is 62.5 Å². The molecule has 0 radical (unpaired) electrons. The minimum atomic E-state index is -0.881. The number of thioether (sulfide) groups is 1. The van der Waals surface area contributed by atoms with Crippen molar-refractivity contribution in [1.29, 1.82) is 0 Å². The van der Waals surface area contributed by atoms with Gasteiger partial charge in [-0.15, -0.1) is 11.8 Å². The van der Waals surface area contributed by atoms with Crippen LogP contribution >= 0.6 is 11.8 Å². The molecule has 0 saturated carbocycles. The summed E-state index contributed by atoms with van der Waals surface area (Å²) in [5, 5.41) is 8.57. The molecule has 0 bridgehead atoms. The van der Waals surface area contributed by atoms with Crippen LogP contribution in [-0.2, 0) is 16.1 Å². The van der Waals surface area contributed by atoms with Crippen LogP contribution in [-0.4, -0.2) is 44.5 Å². The number of aromatic nitrogens is 1. The number of carbonyl (C=O) groups excluding carboxylic acids is 1. The van der Waals surface area contributed by atoms with Gasteiger partial charge in [0, 0.05) is 24.5 Å². The average Bonchev–Trinajstić information content (AvgIpc) is 2.72. The van der Waals surface area contributed by atoms with Gasteiger partial charge in [-0.05, 0) is 26.0 Å². The average molecular weight is 282 g/mol. The summed E-state index contributed by atoms with van der Waals surface area (Å²) in [7, 11) is 0. The molecular weight excluding hydrogens is 264 g/mol. The van der Waals surface area contributed by atoms with Gasteiger partial charge in [-0.25, -0.2) is 0 Å². The third-order valence-corrected chi connectivity index (χ3v) is 4.37. The Morgan fingerprint density at radius 1 is 1.37 bits per heavy atom. The molecule has 0 spiro atoms. The predicted molar refractivity (Wildman–Crippen MR) is 74.3 cm³/mol. The number of hydrogen-bond acceptors (Lipinski definition) is 3. The second-order valence-electron chi connectivity index (χ2n) is 4.70. The largest absolute Gasteiger partial charge is 0.481 e. The third-order valence-electron chi connectivity index (χ3n) is 3.46. The van der Waals surface area contributed by atoms with E-state index in [2.05, 4.69) is 23.6 Å². The first-order valence-electron chi connectivity index (χ1n) is 6.25. The van der Waals surface area contributed by atoms with Crippen molar-refractivity contribution in [2.75, 3.05) is 18.1 Å². The molecule has 5 nitrogen and oxygen atoms in total. The van der Waals surface area contributed by atoms with E-state index in [1.165, 1.54) is 5.69 Å². The molecule has 2 heterocycles. The number of aryl methyl sites for hydroxylation is 1. The minimum absolute atomic E-state index is 0.0175. The van der Waals surface area contributed by atoms with Crippen molar-refractivity contribution < 1.29 is 14.7 Å². The second kappa shape index (κ2) is 5.69. The van der Waals surface area contributed by atoms with Crippen LogP contribution in [0.25, 0.3) is 0 Å². The van der Waals surface area contributed by atoms with Gasteiger partial charge in [-0.3, -0.25) is 9.59 Å². The maximum absolute atomic E-state index is 12.1. The number of carboxylic acid groups (broad SMARTS) is 1. The van der Waals surface area contributed by atoms with Gasteiger partial charge in [0.05, 0.1) is 17.5 Å². The minimum Gasteiger partial charge on any atom is -0.481 e. The molecule has 0 saturated heterocycles. The SMILES string of the molecule is Cc1ccc2n1CCN(C(=O)CSCC(=O)O)C2C. The van der Waals surface area contributed by atoms with E-state index in [9.17, 15) is 9.59 Å². The Morgan fingerprint density at radius 3 is 2.79 bits per heavy atom. The number of aliphatic carboxylic acids is 1. The van der Waals surface area contributed by atoms with Gasteiger partial charge in [-0.1, -0.05) is 0 Å². The highest BCUT2D eigenvalue weighted by molar-refractivity contribution is 8.00.